The molecular formula is C22H24O12. The van der Waals surface area contributed by atoms with Gasteiger partial charge in [-0.2, -0.15) is 0 Å². The van der Waals surface area contributed by atoms with Crippen molar-refractivity contribution in [3.8, 4) is 28.7 Å². The molecule has 1 aliphatic rings. The number of phenols is 5. The van der Waals surface area contributed by atoms with Crippen molar-refractivity contribution in [1.29, 1.82) is 0 Å². The number of ether oxygens (including phenoxy) is 1. The number of aromatic hydroxyl groups is 5. The highest BCUT2D eigenvalue weighted by Gasteiger charge is 2.50. The van der Waals surface area contributed by atoms with Gasteiger partial charge >= 0.3 is 11.9 Å². The van der Waals surface area contributed by atoms with Crippen LogP contribution in [0.25, 0.3) is 6.08 Å². The Kier molecular flexibility index (Phi) is 8.30. The van der Waals surface area contributed by atoms with E-state index in [2.05, 4.69) is 0 Å². The number of rotatable bonds is 4. The van der Waals surface area contributed by atoms with E-state index in [-0.39, 0.29) is 28.7 Å². The monoisotopic (exact) mass is 480 g/mol. The number of benzene rings is 2. The number of hydrogen-bond donors (Lipinski definition) is 9. The minimum absolute atomic E-state index is 0.0645. The van der Waals surface area contributed by atoms with Gasteiger partial charge in [0.25, 0.3) is 0 Å². The zero-order chi connectivity index (χ0) is 25.6. The molecule has 0 radical (unpaired) electrons. The van der Waals surface area contributed by atoms with Crippen LogP contribution < -0.4 is 0 Å². The predicted molar refractivity (Wildman–Crippen MR) is 114 cm³/mol. The Morgan fingerprint density at radius 1 is 0.882 bits per heavy atom. The SMILES string of the molecule is O=C(/C=C/c1ccc(O)c(O)c1)O[C@@H]1C[C@](O)(C(=O)O)C[C@@H](O)[C@H]1O.Oc1ccc(O)c(O)c1. The number of hydrogen-bond acceptors (Lipinski definition) is 11. The van der Waals surface area contributed by atoms with Crippen LogP contribution in [0.3, 0.4) is 0 Å². The zero-order valence-electron chi connectivity index (χ0n) is 17.5. The Balaban J connectivity index is 0.000000379. The Labute approximate surface area is 192 Å². The molecule has 0 aromatic heterocycles. The van der Waals surface area contributed by atoms with Gasteiger partial charge in [-0.05, 0) is 35.9 Å². The number of aliphatic carboxylic acids is 1. The van der Waals surface area contributed by atoms with Crippen molar-refractivity contribution in [2.45, 2.75) is 36.8 Å². The highest BCUT2D eigenvalue weighted by Crippen LogP contribution is 2.31. The van der Waals surface area contributed by atoms with Crippen molar-refractivity contribution in [3.05, 3.63) is 48.0 Å². The molecule has 184 valence electrons. The van der Waals surface area contributed by atoms with Crippen molar-refractivity contribution >= 4 is 18.0 Å². The van der Waals surface area contributed by atoms with Crippen LogP contribution in [-0.2, 0) is 14.3 Å². The van der Waals surface area contributed by atoms with Gasteiger partial charge in [0.15, 0.2) is 28.6 Å². The largest absolute Gasteiger partial charge is 0.508 e. The standard InChI is InChI=1S/C16H18O9.C6H6O3/c17-9-3-1-8(5-10(9)18)2-4-13(20)25-12-7-16(24,15(22)23)6-11(19)14(12)21;7-4-1-2-5(8)6(9)3-4/h1-5,11-12,14,17-19,21,24H,6-7H2,(H,22,23);1-3,7-9H/b4-2+;/t11-,12-,14-,16+;/m1./s1. The third kappa shape index (κ3) is 6.75. The molecule has 1 fully saturated rings. The van der Waals surface area contributed by atoms with E-state index in [0.717, 1.165) is 12.1 Å². The summed E-state index contributed by atoms with van der Waals surface area (Å²) in [5.41, 5.74) is -1.94. The average molecular weight is 480 g/mol. The topological polar surface area (TPSA) is 225 Å². The minimum atomic E-state index is -2.31. The summed E-state index contributed by atoms with van der Waals surface area (Å²) >= 11 is 0. The van der Waals surface area contributed by atoms with Crippen LogP contribution in [0.15, 0.2) is 42.5 Å². The molecule has 0 unspecified atom stereocenters. The molecule has 2 aromatic carbocycles. The first-order valence-corrected chi connectivity index (χ1v) is 9.76. The van der Waals surface area contributed by atoms with Gasteiger partial charge in [-0.25, -0.2) is 9.59 Å². The third-order valence-electron chi connectivity index (χ3n) is 4.90. The number of carboxylic acid groups (broad SMARTS) is 1. The summed E-state index contributed by atoms with van der Waals surface area (Å²) in [6, 6.07) is 7.40. The number of aliphatic hydroxyl groups excluding tert-OH is 2. The second-order valence-corrected chi connectivity index (χ2v) is 7.53. The lowest BCUT2D eigenvalue weighted by atomic mass is 9.79. The maximum absolute atomic E-state index is 11.8. The summed E-state index contributed by atoms with van der Waals surface area (Å²) in [4.78, 5) is 22.9. The summed E-state index contributed by atoms with van der Waals surface area (Å²) in [5, 5.41) is 83.1. The van der Waals surface area contributed by atoms with Crippen molar-refractivity contribution in [1.82, 2.24) is 0 Å². The lowest BCUT2D eigenvalue weighted by molar-refractivity contribution is -0.196. The number of carboxylic acids is 1. The van der Waals surface area contributed by atoms with Crippen LogP contribution in [0.4, 0.5) is 0 Å². The molecule has 12 nitrogen and oxygen atoms in total. The maximum Gasteiger partial charge on any atom is 0.335 e. The molecule has 9 N–H and O–H groups in total. The van der Waals surface area contributed by atoms with Gasteiger partial charge < -0.3 is 50.7 Å². The summed E-state index contributed by atoms with van der Waals surface area (Å²) in [6.07, 6.45) is -3.44. The quantitative estimate of drug-likeness (QED) is 0.123. The van der Waals surface area contributed by atoms with Gasteiger partial charge in [-0.3, -0.25) is 0 Å². The van der Waals surface area contributed by atoms with E-state index in [9.17, 15) is 35.1 Å². The fourth-order valence-electron chi connectivity index (χ4n) is 3.05. The van der Waals surface area contributed by atoms with E-state index in [4.69, 9.17) is 25.2 Å². The lowest BCUT2D eigenvalue weighted by Crippen LogP contribution is -2.57. The number of aliphatic hydroxyl groups is 3. The molecule has 1 aliphatic carbocycles. The van der Waals surface area contributed by atoms with Crippen molar-refractivity contribution < 1.29 is 60.3 Å². The molecule has 0 amide bonds. The molecular weight excluding hydrogens is 456 g/mol. The molecule has 4 atom stereocenters. The highest BCUT2D eigenvalue weighted by molar-refractivity contribution is 5.87. The molecule has 0 spiro atoms. The minimum Gasteiger partial charge on any atom is -0.508 e. The zero-order valence-corrected chi connectivity index (χ0v) is 17.5. The first kappa shape index (κ1) is 26.3. The number of carbonyl (C=O) groups excluding carboxylic acids is 1. The molecule has 2 aromatic rings. The van der Waals surface area contributed by atoms with Gasteiger partial charge in [0.1, 0.15) is 18.0 Å². The lowest BCUT2D eigenvalue weighted by Gasteiger charge is -2.39. The molecule has 0 bridgehead atoms. The smallest absolute Gasteiger partial charge is 0.335 e. The molecule has 12 heteroatoms. The second kappa shape index (κ2) is 10.7. The van der Waals surface area contributed by atoms with Gasteiger partial charge in [-0.1, -0.05) is 6.07 Å². The number of phenolic OH excluding ortho intramolecular Hbond substituents is 5. The molecule has 0 saturated heterocycles. The summed E-state index contributed by atoms with van der Waals surface area (Å²) < 4.78 is 4.92. The van der Waals surface area contributed by atoms with Crippen LogP contribution >= 0.6 is 0 Å². The van der Waals surface area contributed by atoms with Gasteiger partial charge in [0.2, 0.25) is 0 Å². The Morgan fingerprint density at radius 2 is 1.47 bits per heavy atom. The van der Waals surface area contributed by atoms with Crippen LogP contribution in [-0.4, -0.2) is 81.8 Å². The Morgan fingerprint density at radius 3 is 2.00 bits per heavy atom. The molecule has 34 heavy (non-hydrogen) atoms. The van der Waals surface area contributed by atoms with Crippen LogP contribution in [0.5, 0.6) is 28.7 Å². The van der Waals surface area contributed by atoms with E-state index in [1.807, 2.05) is 0 Å². The number of esters is 1. The normalized spacial score (nSPS) is 24.1. The van der Waals surface area contributed by atoms with Gasteiger partial charge in [0, 0.05) is 25.0 Å². The van der Waals surface area contributed by atoms with Crippen molar-refractivity contribution in [3.63, 3.8) is 0 Å². The molecule has 0 aliphatic heterocycles. The predicted octanol–water partition coefficient (Wildman–Crippen LogP) is 0.157. The summed E-state index contributed by atoms with van der Waals surface area (Å²) in [5.74, 6) is -3.85. The molecule has 0 heterocycles. The van der Waals surface area contributed by atoms with Gasteiger partial charge in [-0.15, -0.1) is 0 Å². The van der Waals surface area contributed by atoms with Crippen LogP contribution in [0.1, 0.15) is 18.4 Å². The Hall–Kier alpha value is -4.00. The second-order valence-electron chi connectivity index (χ2n) is 7.53. The van der Waals surface area contributed by atoms with Crippen molar-refractivity contribution in [2.24, 2.45) is 0 Å². The fraction of sp³-hybridized carbons (Fsp3) is 0.273. The first-order chi connectivity index (χ1) is 15.8. The maximum atomic E-state index is 11.8. The van der Waals surface area contributed by atoms with Crippen LogP contribution in [0.2, 0.25) is 0 Å². The third-order valence-corrected chi connectivity index (χ3v) is 4.90. The first-order valence-electron chi connectivity index (χ1n) is 9.76. The van der Waals surface area contributed by atoms with E-state index < -0.39 is 48.7 Å². The fourth-order valence-corrected chi connectivity index (χ4v) is 3.05. The molecule has 1 saturated carbocycles. The van der Waals surface area contributed by atoms with E-state index >= 15 is 0 Å². The summed E-state index contributed by atoms with van der Waals surface area (Å²) in [7, 11) is 0. The van der Waals surface area contributed by atoms with Crippen LogP contribution in [0, 0.1) is 0 Å². The van der Waals surface area contributed by atoms with Crippen molar-refractivity contribution in [2.75, 3.05) is 0 Å². The highest BCUT2D eigenvalue weighted by atomic mass is 16.6. The number of carbonyl (C=O) groups is 2. The van der Waals surface area contributed by atoms with E-state index in [1.54, 1.807) is 0 Å². The molecule has 3 rings (SSSR count). The summed E-state index contributed by atoms with van der Waals surface area (Å²) in [6.45, 7) is 0. The Bertz CT molecular complexity index is 1070. The van der Waals surface area contributed by atoms with E-state index in [0.29, 0.717) is 5.56 Å². The average Bonchev–Trinajstić information content (AvgIpc) is 2.76. The van der Waals surface area contributed by atoms with Gasteiger partial charge in [0.05, 0.1) is 6.10 Å². The van der Waals surface area contributed by atoms with E-state index in [1.165, 1.54) is 36.4 Å².